The molecule has 1 aromatic heterocycles. The quantitative estimate of drug-likeness (QED) is 0.834. The number of hydrogen-bond acceptors (Lipinski definition) is 3. The van der Waals surface area contributed by atoms with Gasteiger partial charge in [-0.3, -0.25) is 13.9 Å². The van der Waals surface area contributed by atoms with Crippen LogP contribution in [0, 0.1) is 0 Å². The van der Waals surface area contributed by atoms with Crippen LogP contribution in [0.4, 0.5) is 0 Å². The van der Waals surface area contributed by atoms with Crippen LogP contribution in [-0.4, -0.2) is 27.6 Å². The minimum absolute atomic E-state index is 0. The lowest BCUT2D eigenvalue weighted by atomic mass is 10.2. The third kappa shape index (κ3) is 3.90. The fourth-order valence-electron chi connectivity index (χ4n) is 2.37. The van der Waals surface area contributed by atoms with Crippen molar-refractivity contribution >= 4 is 29.3 Å². The molecule has 122 valence electrons. The van der Waals surface area contributed by atoms with Gasteiger partial charge in [0.15, 0.2) is 0 Å². The Morgan fingerprint density at radius 3 is 2.41 bits per heavy atom. The van der Waals surface area contributed by atoms with Gasteiger partial charge >= 0.3 is 5.69 Å². The van der Waals surface area contributed by atoms with Gasteiger partial charge in [-0.1, -0.05) is 12.1 Å². The summed E-state index contributed by atoms with van der Waals surface area (Å²) in [6.45, 7) is 4.95. The van der Waals surface area contributed by atoms with Crippen LogP contribution in [0.25, 0.3) is 11.0 Å². The summed E-state index contributed by atoms with van der Waals surface area (Å²) in [5.41, 5.74) is 7.13. The second-order valence-electron chi connectivity index (χ2n) is 5.22. The number of carbonyl (C=O) groups is 1. The van der Waals surface area contributed by atoms with Crippen LogP contribution in [0.5, 0.6) is 0 Å². The summed E-state index contributed by atoms with van der Waals surface area (Å²) < 4.78 is 3.19. The molecule has 0 aliphatic heterocycles. The molecule has 0 fully saturated rings. The van der Waals surface area contributed by atoms with E-state index in [2.05, 4.69) is 5.32 Å². The van der Waals surface area contributed by atoms with Crippen molar-refractivity contribution in [1.29, 1.82) is 0 Å². The van der Waals surface area contributed by atoms with E-state index in [4.69, 9.17) is 5.73 Å². The molecule has 0 aliphatic carbocycles. The summed E-state index contributed by atoms with van der Waals surface area (Å²) in [6.07, 6.45) is 0.720. The fraction of sp³-hybridized carbons (Fsp3) is 0.467. The molecule has 1 heterocycles. The molecular weight excluding hydrogens is 304 g/mol. The number of halogens is 1. The number of amides is 1. The van der Waals surface area contributed by atoms with E-state index in [1.807, 2.05) is 38.1 Å². The summed E-state index contributed by atoms with van der Waals surface area (Å²) in [5, 5.41) is 2.79. The van der Waals surface area contributed by atoms with Crippen LogP contribution in [0.15, 0.2) is 29.1 Å². The molecule has 0 aliphatic rings. The third-order valence-electron chi connectivity index (χ3n) is 3.46. The standard InChI is InChI=1S/C15H22N4O2.ClH/c1-3-18-12-6-4-5-7-13(12)19(15(18)21)10-14(20)17-9-8-11(2)16;/h4-7,11H,3,8-10,16H2,1-2H3,(H,17,20);1H. The Kier molecular flexibility index (Phi) is 6.64. The maximum atomic E-state index is 12.4. The zero-order chi connectivity index (χ0) is 15.4. The van der Waals surface area contributed by atoms with Crippen molar-refractivity contribution in [2.24, 2.45) is 5.73 Å². The van der Waals surface area contributed by atoms with Gasteiger partial charge in [-0.15, -0.1) is 12.4 Å². The zero-order valence-corrected chi connectivity index (χ0v) is 13.7. The number of carbonyl (C=O) groups excluding carboxylic acids is 1. The van der Waals surface area contributed by atoms with E-state index in [9.17, 15) is 9.59 Å². The summed E-state index contributed by atoms with van der Waals surface area (Å²) in [6, 6.07) is 7.56. The van der Waals surface area contributed by atoms with Crippen LogP contribution in [0.3, 0.4) is 0 Å². The van der Waals surface area contributed by atoms with Crippen molar-refractivity contribution in [3.05, 3.63) is 34.7 Å². The van der Waals surface area contributed by atoms with Gasteiger partial charge in [-0.25, -0.2) is 4.79 Å². The Bertz CT molecular complexity index is 690. The number of nitrogens with zero attached hydrogens (tertiary/aromatic N) is 2. The van der Waals surface area contributed by atoms with E-state index in [1.54, 1.807) is 4.57 Å². The first-order valence-electron chi connectivity index (χ1n) is 7.25. The Morgan fingerprint density at radius 1 is 1.27 bits per heavy atom. The molecule has 0 spiro atoms. The molecule has 22 heavy (non-hydrogen) atoms. The van der Waals surface area contributed by atoms with Crippen molar-refractivity contribution in [2.45, 2.75) is 39.4 Å². The van der Waals surface area contributed by atoms with Crippen molar-refractivity contribution in [3.63, 3.8) is 0 Å². The molecule has 0 bridgehead atoms. The average molecular weight is 327 g/mol. The SMILES string of the molecule is CCn1c(=O)n(CC(=O)NCCC(C)N)c2ccccc21.Cl. The summed E-state index contributed by atoms with van der Waals surface area (Å²) in [4.78, 5) is 24.3. The molecule has 2 aromatic rings. The van der Waals surface area contributed by atoms with Crippen molar-refractivity contribution in [2.75, 3.05) is 6.54 Å². The number of para-hydroxylation sites is 2. The Balaban J connectivity index is 0.00000242. The van der Waals surface area contributed by atoms with Gasteiger partial charge in [0, 0.05) is 19.1 Å². The second kappa shape index (κ2) is 8.00. The van der Waals surface area contributed by atoms with E-state index in [-0.39, 0.29) is 36.6 Å². The molecule has 3 N–H and O–H groups in total. The highest BCUT2D eigenvalue weighted by Gasteiger charge is 2.14. The predicted molar refractivity (Wildman–Crippen MR) is 90.4 cm³/mol. The number of hydrogen-bond donors (Lipinski definition) is 2. The van der Waals surface area contributed by atoms with Gasteiger partial charge in [0.05, 0.1) is 11.0 Å². The number of fused-ring (bicyclic) bond motifs is 1. The lowest BCUT2D eigenvalue weighted by molar-refractivity contribution is -0.121. The van der Waals surface area contributed by atoms with Crippen molar-refractivity contribution in [1.82, 2.24) is 14.5 Å². The van der Waals surface area contributed by atoms with E-state index in [0.29, 0.717) is 13.1 Å². The molecule has 1 atom stereocenters. The largest absolute Gasteiger partial charge is 0.354 e. The molecular formula is C15H23ClN4O2. The minimum Gasteiger partial charge on any atom is -0.354 e. The normalized spacial score (nSPS) is 12.0. The van der Waals surface area contributed by atoms with Crippen molar-refractivity contribution < 1.29 is 4.79 Å². The third-order valence-corrected chi connectivity index (χ3v) is 3.46. The van der Waals surface area contributed by atoms with Crippen LogP contribution in [0.2, 0.25) is 0 Å². The number of aromatic nitrogens is 2. The maximum absolute atomic E-state index is 12.4. The highest BCUT2D eigenvalue weighted by molar-refractivity contribution is 5.85. The second-order valence-corrected chi connectivity index (χ2v) is 5.22. The van der Waals surface area contributed by atoms with Gasteiger partial charge in [0.1, 0.15) is 6.54 Å². The molecule has 0 saturated carbocycles. The van der Waals surface area contributed by atoms with E-state index >= 15 is 0 Å². The summed E-state index contributed by atoms with van der Waals surface area (Å²) in [5.74, 6) is -0.170. The molecule has 2 rings (SSSR count). The highest BCUT2D eigenvalue weighted by Crippen LogP contribution is 2.12. The number of aryl methyl sites for hydroxylation is 1. The first-order valence-corrected chi connectivity index (χ1v) is 7.25. The lowest BCUT2D eigenvalue weighted by Gasteiger charge is -2.07. The number of rotatable bonds is 6. The number of nitrogens with one attached hydrogen (secondary N) is 1. The lowest BCUT2D eigenvalue weighted by Crippen LogP contribution is -2.34. The van der Waals surface area contributed by atoms with Crippen molar-refractivity contribution in [3.8, 4) is 0 Å². The number of benzene rings is 1. The van der Waals surface area contributed by atoms with Gasteiger partial charge < -0.3 is 11.1 Å². The number of nitrogens with two attached hydrogens (primary N) is 1. The van der Waals surface area contributed by atoms with Crippen LogP contribution in [0.1, 0.15) is 20.3 Å². The average Bonchev–Trinajstić information content (AvgIpc) is 2.71. The summed E-state index contributed by atoms with van der Waals surface area (Å²) in [7, 11) is 0. The van der Waals surface area contributed by atoms with Gasteiger partial charge in [0.2, 0.25) is 5.91 Å². The molecule has 1 aromatic carbocycles. The molecule has 1 amide bonds. The molecule has 6 nitrogen and oxygen atoms in total. The smallest absolute Gasteiger partial charge is 0.329 e. The first-order chi connectivity index (χ1) is 10.0. The monoisotopic (exact) mass is 326 g/mol. The highest BCUT2D eigenvalue weighted by atomic mass is 35.5. The number of imidazole rings is 1. The molecule has 7 heteroatoms. The maximum Gasteiger partial charge on any atom is 0.329 e. The van der Waals surface area contributed by atoms with Gasteiger partial charge in [-0.05, 0) is 32.4 Å². The Labute approximate surface area is 135 Å². The summed E-state index contributed by atoms with van der Waals surface area (Å²) >= 11 is 0. The first kappa shape index (κ1) is 18.3. The van der Waals surface area contributed by atoms with Gasteiger partial charge in [-0.2, -0.15) is 0 Å². The molecule has 0 saturated heterocycles. The topological polar surface area (TPSA) is 82.0 Å². The van der Waals surface area contributed by atoms with Crippen LogP contribution < -0.4 is 16.7 Å². The van der Waals surface area contributed by atoms with E-state index in [0.717, 1.165) is 17.5 Å². The fourth-order valence-corrected chi connectivity index (χ4v) is 2.37. The minimum atomic E-state index is -0.170. The van der Waals surface area contributed by atoms with E-state index < -0.39 is 0 Å². The van der Waals surface area contributed by atoms with Crippen LogP contribution in [-0.2, 0) is 17.9 Å². The van der Waals surface area contributed by atoms with Crippen LogP contribution >= 0.6 is 12.4 Å². The predicted octanol–water partition coefficient (Wildman–Crippen LogP) is 1.10. The van der Waals surface area contributed by atoms with E-state index in [1.165, 1.54) is 4.57 Å². The molecule has 1 unspecified atom stereocenters. The Morgan fingerprint density at radius 2 is 1.86 bits per heavy atom. The zero-order valence-electron chi connectivity index (χ0n) is 12.9. The molecule has 0 radical (unpaired) electrons. The van der Waals surface area contributed by atoms with Gasteiger partial charge in [0.25, 0.3) is 0 Å². The Hall–Kier alpha value is -1.79.